The van der Waals surface area contributed by atoms with Crippen molar-refractivity contribution in [1.29, 1.82) is 0 Å². The fourth-order valence-corrected chi connectivity index (χ4v) is 2.31. The highest BCUT2D eigenvalue weighted by Crippen LogP contribution is 2.22. The first-order chi connectivity index (χ1) is 8.31. The second-order valence-corrected chi connectivity index (χ2v) is 4.70. The summed E-state index contributed by atoms with van der Waals surface area (Å²) in [6, 6.07) is 13.9. The third-order valence-electron chi connectivity index (χ3n) is 2.54. The van der Waals surface area contributed by atoms with Crippen LogP contribution >= 0.6 is 11.3 Å². The van der Waals surface area contributed by atoms with Crippen molar-refractivity contribution in [1.82, 2.24) is 0 Å². The van der Waals surface area contributed by atoms with Gasteiger partial charge in [0.2, 0.25) is 0 Å². The van der Waals surface area contributed by atoms with Crippen LogP contribution in [0.3, 0.4) is 0 Å². The molecule has 0 radical (unpaired) electrons. The third-order valence-corrected chi connectivity index (χ3v) is 3.36. The van der Waals surface area contributed by atoms with Crippen LogP contribution in [0, 0.1) is 0 Å². The summed E-state index contributed by atoms with van der Waals surface area (Å²) in [5.74, 6) is 0.185. The van der Waals surface area contributed by atoms with Crippen LogP contribution < -0.4 is 0 Å². The van der Waals surface area contributed by atoms with Gasteiger partial charge in [0, 0.05) is 16.9 Å². The maximum atomic E-state index is 12.0. The minimum atomic E-state index is 0.185. The standard InChI is InChI=1S/C15H14OS/c1-2-15(16)14(11-13-9-6-10-17-13)12-7-4-3-5-8-12/h3-11H,2H2,1H3/b14-11+. The average Bonchev–Trinajstić information content (AvgIpc) is 2.89. The maximum Gasteiger partial charge on any atom is 0.163 e. The fraction of sp³-hybridized carbons (Fsp3) is 0.133. The molecule has 0 amide bonds. The summed E-state index contributed by atoms with van der Waals surface area (Å²) in [5, 5.41) is 2.02. The van der Waals surface area contributed by atoms with Crippen molar-refractivity contribution in [3.63, 3.8) is 0 Å². The van der Waals surface area contributed by atoms with E-state index in [2.05, 4.69) is 0 Å². The molecule has 1 aromatic heterocycles. The summed E-state index contributed by atoms with van der Waals surface area (Å²) < 4.78 is 0. The van der Waals surface area contributed by atoms with E-state index >= 15 is 0 Å². The van der Waals surface area contributed by atoms with E-state index in [9.17, 15) is 4.79 Å². The molecule has 0 spiro atoms. The van der Waals surface area contributed by atoms with Gasteiger partial charge in [-0.2, -0.15) is 0 Å². The Hall–Kier alpha value is -1.67. The Bertz CT molecular complexity index is 509. The van der Waals surface area contributed by atoms with Crippen molar-refractivity contribution in [2.45, 2.75) is 13.3 Å². The number of Topliss-reactive ketones (excluding diaryl/α,β-unsaturated/α-hetero) is 1. The lowest BCUT2D eigenvalue weighted by molar-refractivity contribution is -0.113. The Morgan fingerprint density at radius 1 is 1.18 bits per heavy atom. The Balaban J connectivity index is 2.43. The first-order valence-corrected chi connectivity index (χ1v) is 6.53. The van der Waals surface area contributed by atoms with Crippen LogP contribution in [-0.4, -0.2) is 5.78 Å². The zero-order chi connectivity index (χ0) is 12.1. The third kappa shape index (κ3) is 2.92. The monoisotopic (exact) mass is 242 g/mol. The number of hydrogen-bond acceptors (Lipinski definition) is 2. The number of benzene rings is 1. The SMILES string of the molecule is CCC(=O)/C(=C/c1cccs1)c1ccccc1. The Morgan fingerprint density at radius 2 is 1.94 bits per heavy atom. The Labute approximate surface area is 105 Å². The second-order valence-electron chi connectivity index (χ2n) is 3.72. The molecule has 17 heavy (non-hydrogen) atoms. The van der Waals surface area contributed by atoms with Crippen molar-refractivity contribution < 1.29 is 4.79 Å². The van der Waals surface area contributed by atoms with Gasteiger partial charge in [0.15, 0.2) is 5.78 Å². The van der Waals surface area contributed by atoms with E-state index in [1.807, 2.05) is 60.8 Å². The van der Waals surface area contributed by atoms with Crippen LogP contribution in [0.1, 0.15) is 23.8 Å². The van der Waals surface area contributed by atoms with Crippen molar-refractivity contribution in [3.8, 4) is 0 Å². The molecule has 0 aliphatic carbocycles. The number of hydrogen-bond donors (Lipinski definition) is 0. The number of thiophene rings is 1. The Kier molecular flexibility index (Phi) is 3.89. The van der Waals surface area contributed by atoms with Crippen LogP contribution in [0.4, 0.5) is 0 Å². The zero-order valence-corrected chi connectivity index (χ0v) is 10.5. The van der Waals surface area contributed by atoms with E-state index in [1.165, 1.54) is 0 Å². The van der Waals surface area contributed by atoms with Gasteiger partial charge in [-0.3, -0.25) is 4.79 Å². The van der Waals surface area contributed by atoms with E-state index in [4.69, 9.17) is 0 Å². The summed E-state index contributed by atoms with van der Waals surface area (Å²) in [4.78, 5) is 13.1. The highest BCUT2D eigenvalue weighted by molar-refractivity contribution is 7.11. The van der Waals surface area contributed by atoms with Crippen LogP contribution in [0.15, 0.2) is 47.8 Å². The minimum absolute atomic E-state index is 0.185. The summed E-state index contributed by atoms with van der Waals surface area (Å²) >= 11 is 1.65. The topological polar surface area (TPSA) is 17.1 Å². The molecule has 0 fully saturated rings. The molecular formula is C15H14OS. The predicted molar refractivity (Wildman–Crippen MR) is 73.9 cm³/mol. The first kappa shape index (κ1) is 11.8. The summed E-state index contributed by atoms with van der Waals surface area (Å²) in [7, 11) is 0. The zero-order valence-electron chi connectivity index (χ0n) is 9.72. The molecule has 86 valence electrons. The van der Waals surface area contributed by atoms with Gasteiger partial charge in [0.1, 0.15) is 0 Å². The fourth-order valence-electron chi connectivity index (χ4n) is 1.65. The number of allylic oxidation sites excluding steroid dienone is 1. The van der Waals surface area contributed by atoms with Crippen LogP contribution in [0.5, 0.6) is 0 Å². The molecule has 1 nitrogen and oxygen atoms in total. The Morgan fingerprint density at radius 3 is 2.53 bits per heavy atom. The van der Waals surface area contributed by atoms with E-state index in [0.717, 1.165) is 16.0 Å². The van der Waals surface area contributed by atoms with Gasteiger partial charge < -0.3 is 0 Å². The molecule has 0 N–H and O–H groups in total. The van der Waals surface area contributed by atoms with Crippen LogP contribution in [0.2, 0.25) is 0 Å². The first-order valence-electron chi connectivity index (χ1n) is 5.65. The lowest BCUT2D eigenvalue weighted by atomic mass is 9.99. The lowest BCUT2D eigenvalue weighted by Crippen LogP contribution is -1.99. The van der Waals surface area contributed by atoms with Crippen molar-refractivity contribution >= 4 is 28.8 Å². The van der Waals surface area contributed by atoms with Crippen LogP contribution in [-0.2, 0) is 4.79 Å². The largest absolute Gasteiger partial charge is 0.294 e. The molecule has 0 aliphatic rings. The van der Waals surface area contributed by atoms with E-state index < -0.39 is 0 Å². The average molecular weight is 242 g/mol. The van der Waals surface area contributed by atoms with Gasteiger partial charge in [0.25, 0.3) is 0 Å². The van der Waals surface area contributed by atoms with Gasteiger partial charge in [0.05, 0.1) is 0 Å². The molecule has 2 aromatic rings. The molecule has 0 bridgehead atoms. The normalized spacial score (nSPS) is 11.5. The number of carbonyl (C=O) groups is 1. The molecule has 0 unspecified atom stereocenters. The summed E-state index contributed by atoms with van der Waals surface area (Å²) in [6.45, 7) is 1.90. The lowest BCUT2D eigenvalue weighted by Gasteiger charge is -2.04. The van der Waals surface area contributed by atoms with Gasteiger partial charge >= 0.3 is 0 Å². The second kappa shape index (κ2) is 5.60. The number of ketones is 1. The van der Waals surface area contributed by atoms with Gasteiger partial charge in [-0.05, 0) is 23.1 Å². The van der Waals surface area contributed by atoms with Crippen molar-refractivity contribution in [3.05, 3.63) is 58.3 Å². The number of rotatable bonds is 4. The summed E-state index contributed by atoms with van der Waals surface area (Å²) in [5.41, 5.74) is 1.79. The molecular weight excluding hydrogens is 228 g/mol. The van der Waals surface area contributed by atoms with E-state index in [0.29, 0.717) is 6.42 Å². The van der Waals surface area contributed by atoms with E-state index in [1.54, 1.807) is 11.3 Å². The molecule has 0 atom stereocenters. The van der Waals surface area contributed by atoms with Crippen molar-refractivity contribution in [2.75, 3.05) is 0 Å². The van der Waals surface area contributed by atoms with Gasteiger partial charge in [-0.25, -0.2) is 0 Å². The molecule has 0 aliphatic heterocycles. The predicted octanol–water partition coefficient (Wildman–Crippen LogP) is 4.27. The highest BCUT2D eigenvalue weighted by atomic mass is 32.1. The molecule has 1 heterocycles. The molecule has 0 saturated heterocycles. The maximum absolute atomic E-state index is 12.0. The molecule has 1 aromatic carbocycles. The molecule has 2 heteroatoms. The van der Waals surface area contributed by atoms with Gasteiger partial charge in [-0.1, -0.05) is 43.3 Å². The molecule has 2 rings (SSSR count). The molecule has 0 saturated carbocycles. The van der Waals surface area contributed by atoms with Crippen molar-refractivity contribution in [2.24, 2.45) is 0 Å². The smallest absolute Gasteiger partial charge is 0.163 e. The van der Waals surface area contributed by atoms with Gasteiger partial charge in [-0.15, -0.1) is 11.3 Å². The highest BCUT2D eigenvalue weighted by Gasteiger charge is 2.09. The summed E-state index contributed by atoms with van der Waals surface area (Å²) in [6.07, 6.45) is 2.51. The minimum Gasteiger partial charge on any atom is -0.294 e. The van der Waals surface area contributed by atoms with Crippen LogP contribution in [0.25, 0.3) is 11.6 Å². The number of carbonyl (C=O) groups excluding carboxylic acids is 1. The quantitative estimate of drug-likeness (QED) is 0.732. The van der Waals surface area contributed by atoms with E-state index in [-0.39, 0.29) is 5.78 Å².